The van der Waals surface area contributed by atoms with Gasteiger partial charge in [-0.15, -0.1) is 0 Å². The summed E-state index contributed by atoms with van der Waals surface area (Å²) < 4.78 is 14.8. The first-order valence-electron chi connectivity index (χ1n) is 22.9. The van der Waals surface area contributed by atoms with Gasteiger partial charge in [0.15, 0.2) is 28.9 Å². The monoisotopic (exact) mass is 817 g/mol. The van der Waals surface area contributed by atoms with Gasteiger partial charge in [0.05, 0.1) is 8.07 Å². The predicted octanol–water partition coefficient (Wildman–Crippen LogP) is 13.2. The van der Waals surface area contributed by atoms with Crippen molar-refractivity contribution in [3.8, 4) is 28.3 Å². The van der Waals surface area contributed by atoms with E-state index in [0.29, 0.717) is 0 Å². The van der Waals surface area contributed by atoms with Crippen LogP contribution in [-0.2, 0) is 18.4 Å². The van der Waals surface area contributed by atoms with E-state index in [1.807, 2.05) is 0 Å². The molecule has 0 bridgehead atoms. The number of imidazole rings is 1. The maximum atomic E-state index is 6.99. The minimum Gasteiger partial charge on any atom is -0.455 e. The van der Waals surface area contributed by atoms with E-state index in [0.717, 1.165) is 51.5 Å². The molecule has 2 atom stereocenters. The Hall–Kier alpha value is -5.52. The lowest BCUT2D eigenvalue weighted by Crippen LogP contribution is -2.55. The first kappa shape index (κ1) is 38.4. The van der Waals surface area contributed by atoms with Gasteiger partial charge in [-0.2, -0.15) is 9.13 Å². The van der Waals surface area contributed by atoms with Crippen molar-refractivity contribution in [3.63, 3.8) is 0 Å². The van der Waals surface area contributed by atoms with E-state index in [1.165, 1.54) is 83.1 Å². The normalized spacial score (nSPS) is 18.1. The third kappa shape index (κ3) is 6.29. The topological polar surface area (TPSA) is 25.8 Å². The molecule has 61 heavy (non-hydrogen) atoms. The third-order valence-corrected chi connectivity index (χ3v) is 16.5. The largest absolute Gasteiger partial charge is 0.455 e. The SMILES string of the molecule is CC1c2ccccc2-c2cc(CC3CCCCC3)c([Si](C)(C)C)c[n+]2C1C1=Cc2ccc3c(oc4ccccc43)c2-c2n(-c3ccc(C(C)(C)C)cc3)c3ccccc3[n+]2C1. The Labute approximate surface area is 362 Å². The lowest BCUT2D eigenvalue weighted by atomic mass is 9.79. The van der Waals surface area contributed by atoms with E-state index < -0.39 is 8.07 Å². The zero-order valence-corrected chi connectivity index (χ0v) is 38.1. The van der Waals surface area contributed by atoms with Crippen molar-refractivity contribution in [2.45, 2.75) is 110 Å². The Morgan fingerprint density at radius 1 is 0.787 bits per heavy atom. The van der Waals surface area contributed by atoms with Crippen molar-refractivity contribution in [3.05, 3.63) is 149 Å². The fraction of sp³-hybridized carbons (Fsp3) is 0.321. The van der Waals surface area contributed by atoms with E-state index >= 15 is 0 Å². The number of benzene rings is 5. The van der Waals surface area contributed by atoms with Gasteiger partial charge in [-0.1, -0.05) is 146 Å². The Kier molecular flexibility index (Phi) is 8.99. The molecule has 0 N–H and O–H groups in total. The van der Waals surface area contributed by atoms with Crippen molar-refractivity contribution in [2.24, 2.45) is 5.92 Å². The minimum atomic E-state index is -1.73. The second-order valence-electron chi connectivity index (χ2n) is 20.5. The molecule has 4 nitrogen and oxygen atoms in total. The molecule has 306 valence electrons. The number of nitrogens with zero attached hydrogens (tertiary/aromatic N) is 3. The first-order chi connectivity index (χ1) is 29.4. The van der Waals surface area contributed by atoms with Crippen LogP contribution in [0.1, 0.15) is 94.0 Å². The number of hydrogen-bond acceptors (Lipinski definition) is 1. The highest BCUT2D eigenvalue weighted by atomic mass is 28.3. The number of hydrogen-bond donors (Lipinski definition) is 0. The number of pyridine rings is 1. The van der Waals surface area contributed by atoms with Gasteiger partial charge in [0.25, 0.3) is 5.82 Å². The summed E-state index contributed by atoms with van der Waals surface area (Å²) in [4.78, 5) is 0. The van der Waals surface area contributed by atoms with Crippen LogP contribution in [0.15, 0.2) is 131 Å². The third-order valence-electron chi connectivity index (χ3n) is 14.5. The first-order valence-corrected chi connectivity index (χ1v) is 26.4. The summed E-state index contributed by atoms with van der Waals surface area (Å²) in [6, 6.07) is 43.5. The molecule has 5 heterocycles. The second kappa shape index (κ2) is 14.3. The predicted molar refractivity (Wildman–Crippen MR) is 256 cm³/mol. The molecule has 0 saturated heterocycles. The zero-order chi connectivity index (χ0) is 41.8. The molecule has 0 amide bonds. The number of fused-ring (bicyclic) bond motifs is 12. The Morgan fingerprint density at radius 3 is 2.31 bits per heavy atom. The maximum Gasteiger partial charge on any atom is 0.299 e. The van der Waals surface area contributed by atoms with Crippen molar-refractivity contribution in [1.29, 1.82) is 0 Å². The number of para-hydroxylation sites is 3. The Balaban J connectivity index is 1.19. The fourth-order valence-corrected chi connectivity index (χ4v) is 13.1. The lowest BCUT2D eigenvalue weighted by molar-refractivity contribution is -0.717. The van der Waals surface area contributed by atoms with Crippen LogP contribution in [0.25, 0.3) is 67.4 Å². The van der Waals surface area contributed by atoms with Gasteiger partial charge in [0, 0.05) is 39.1 Å². The summed E-state index contributed by atoms with van der Waals surface area (Å²) in [5.74, 6) is 2.21. The van der Waals surface area contributed by atoms with E-state index in [1.54, 1.807) is 10.8 Å². The van der Waals surface area contributed by atoms with Crippen LogP contribution in [0.4, 0.5) is 0 Å². The molecule has 11 rings (SSSR count). The van der Waals surface area contributed by atoms with Gasteiger partial charge in [0.2, 0.25) is 5.69 Å². The van der Waals surface area contributed by atoms with Gasteiger partial charge < -0.3 is 4.42 Å². The fourth-order valence-electron chi connectivity index (χ4n) is 11.4. The average molecular weight is 818 g/mol. The van der Waals surface area contributed by atoms with Crippen molar-refractivity contribution in [1.82, 2.24) is 4.57 Å². The molecule has 3 aliphatic rings. The molecule has 3 aromatic heterocycles. The van der Waals surface area contributed by atoms with Crippen LogP contribution in [0.3, 0.4) is 0 Å². The number of aromatic nitrogens is 3. The molecular weight excluding hydrogens is 759 g/mol. The van der Waals surface area contributed by atoms with Crippen LogP contribution in [0, 0.1) is 5.92 Å². The smallest absolute Gasteiger partial charge is 0.299 e. The molecule has 5 heteroatoms. The molecule has 5 aromatic carbocycles. The van der Waals surface area contributed by atoms with Gasteiger partial charge in [-0.3, -0.25) is 0 Å². The van der Waals surface area contributed by atoms with E-state index in [2.05, 4.69) is 189 Å². The van der Waals surface area contributed by atoms with Crippen LogP contribution < -0.4 is 14.3 Å². The minimum absolute atomic E-state index is 0.0596. The average Bonchev–Trinajstić information content (AvgIpc) is 3.73. The molecule has 1 fully saturated rings. The summed E-state index contributed by atoms with van der Waals surface area (Å²) in [5, 5.41) is 3.94. The van der Waals surface area contributed by atoms with E-state index in [4.69, 9.17) is 4.42 Å². The van der Waals surface area contributed by atoms with Gasteiger partial charge in [-0.25, -0.2) is 4.57 Å². The summed E-state index contributed by atoms with van der Waals surface area (Å²) >= 11 is 0. The molecule has 0 radical (unpaired) electrons. The summed E-state index contributed by atoms with van der Waals surface area (Å²) in [6.07, 6.45) is 13.3. The highest BCUT2D eigenvalue weighted by molar-refractivity contribution is 6.89. The zero-order valence-electron chi connectivity index (χ0n) is 37.1. The molecule has 1 saturated carbocycles. The van der Waals surface area contributed by atoms with Gasteiger partial charge in [-0.05, 0) is 88.5 Å². The van der Waals surface area contributed by atoms with Gasteiger partial charge >= 0.3 is 0 Å². The van der Waals surface area contributed by atoms with Crippen LogP contribution in [0.2, 0.25) is 19.6 Å². The highest BCUT2D eigenvalue weighted by Gasteiger charge is 2.45. The second-order valence-corrected chi connectivity index (χ2v) is 25.6. The molecule has 2 unspecified atom stereocenters. The molecule has 1 aliphatic carbocycles. The maximum absolute atomic E-state index is 6.99. The Morgan fingerprint density at radius 2 is 1.52 bits per heavy atom. The van der Waals surface area contributed by atoms with Crippen molar-refractivity contribution < 1.29 is 13.6 Å². The quantitative estimate of drug-likeness (QED) is 0.125. The number of allylic oxidation sites excluding steroid dienone is 1. The van der Waals surface area contributed by atoms with Crippen LogP contribution in [-0.4, -0.2) is 12.6 Å². The lowest BCUT2D eigenvalue weighted by Gasteiger charge is -2.32. The summed E-state index contributed by atoms with van der Waals surface area (Å²) in [7, 11) is -1.73. The molecule has 2 aliphatic heterocycles. The van der Waals surface area contributed by atoms with Crippen LogP contribution in [0.5, 0.6) is 0 Å². The number of furan rings is 1. The molecule has 8 aromatic rings. The molecule has 0 spiro atoms. The van der Waals surface area contributed by atoms with Gasteiger partial charge in [0.1, 0.15) is 23.4 Å². The Bertz CT molecular complexity index is 3050. The van der Waals surface area contributed by atoms with Crippen molar-refractivity contribution in [2.75, 3.05) is 0 Å². The van der Waals surface area contributed by atoms with Crippen molar-refractivity contribution >= 4 is 52.3 Å². The van der Waals surface area contributed by atoms with E-state index in [-0.39, 0.29) is 17.4 Å². The standard InChI is InChI=1S/C56H59N3OSi/c1-36-43-19-11-12-20-44(43)49-33-39(31-37-17-9-8-10-18-37)51(61(5,6)7)35-57(49)53(36)40-32-38-25-30-46-45-21-13-16-24-50(45)60-54(46)52(38)55-58(34-40)47-22-14-15-23-48(47)59(55)42-28-26-41(27-29-42)56(2,3)4/h11-16,19-30,32-33,35-37,53H,8-10,17-18,31,34H2,1-7H3/q+2. The van der Waals surface area contributed by atoms with E-state index in [9.17, 15) is 0 Å². The van der Waals surface area contributed by atoms with Crippen LogP contribution >= 0.6 is 0 Å². The molecular formula is C56H59N3OSi+2. The summed E-state index contributed by atoms with van der Waals surface area (Å²) in [6.45, 7) is 17.8. The summed E-state index contributed by atoms with van der Waals surface area (Å²) in [5.41, 5.74) is 16.4. The number of rotatable bonds is 5. The highest BCUT2D eigenvalue weighted by Crippen LogP contribution is 2.46.